The molecule has 0 radical (unpaired) electrons. The largest absolute Gasteiger partial charge is 0.461 e. The van der Waals surface area contributed by atoms with Gasteiger partial charge in [0.1, 0.15) is 17.7 Å². The molecule has 0 aliphatic carbocycles. The van der Waals surface area contributed by atoms with Gasteiger partial charge in [0.05, 0.1) is 6.61 Å². The maximum Gasteiger partial charge on any atom is 0.354 e. The molecule has 106 valence electrons. The number of hydrogen-bond donors (Lipinski definition) is 1. The van der Waals surface area contributed by atoms with Crippen LogP contribution in [0.15, 0.2) is 53.3 Å². The topological polar surface area (TPSA) is 68.1 Å². The predicted molar refractivity (Wildman–Crippen MR) is 77.7 cm³/mol. The molecule has 2 aromatic heterocycles. The Morgan fingerprint density at radius 1 is 1.29 bits per heavy atom. The van der Waals surface area contributed by atoms with Gasteiger partial charge in [-0.15, -0.1) is 0 Å². The van der Waals surface area contributed by atoms with Gasteiger partial charge in [0.2, 0.25) is 5.89 Å². The summed E-state index contributed by atoms with van der Waals surface area (Å²) in [4.78, 5) is 18.9. The lowest BCUT2D eigenvalue weighted by Gasteiger charge is -1.96. The highest BCUT2D eigenvalue weighted by Crippen LogP contribution is 2.25. The molecule has 3 aromatic rings. The first-order chi connectivity index (χ1) is 10.3. The third kappa shape index (κ3) is 2.72. The number of carbonyl (C=O) groups is 1. The first-order valence-electron chi connectivity index (χ1n) is 6.65. The monoisotopic (exact) mass is 282 g/mol. The van der Waals surface area contributed by atoms with Crippen LogP contribution in [0.4, 0.5) is 0 Å². The Labute approximate surface area is 121 Å². The number of aromatic amines is 1. The van der Waals surface area contributed by atoms with Crippen LogP contribution < -0.4 is 0 Å². The zero-order valence-electron chi connectivity index (χ0n) is 11.5. The Hall–Kier alpha value is -2.82. The van der Waals surface area contributed by atoms with Gasteiger partial charge in [0, 0.05) is 17.3 Å². The highest BCUT2D eigenvalue weighted by molar-refractivity contribution is 5.89. The fourth-order valence-corrected chi connectivity index (χ4v) is 1.99. The minimum Gasteiger partial charge on any atom is -0.461 e. The zero-order valence-corrected chi connectivity index (χ0v) is 11.5. The minimum atomic E-state index is -0.379. The van der Waals surface area contributed by atoms with E-state index in [1.165, 1.54) is 0 Å². The third-order valence-corrected chi connectivity index (χ3v) is 3.00. The SMILES string of the molecule is CCOC(=O)c1cc(-c2coc(-c3ccccc3)n2)c[nH]1. The number of rotatable bonds is 4. The molecule has 5 nitrogen and oxygen atoms in total. The van der Waals surface area contributed by atoms with Crippen LogP contribution in [0, 0.1) is 0 Å². The second-order valence-corrected chi connectivity index (χ2v) is 4.43. The molecule has 3 rings (SSSR count). The van der Waals surface area contributed by atoms with E-state index < -0.39 is 0 Å². The summed E-state index contributed by atoms with van der Waals surface area (Å²) in [5, 5.41) is 0. The average Bonchev–Trinajstić information content (AvgIpc) is 3.17. The number of nitrogens with one attached hydrogen (secondary N) is 1. The third-order valence-electron chi connectivity index (χ3n) is 3.00. The lowest BCUT2D eigenvalue weighted by atomic mass is 10.2. The Morgan fingerprint density at radius 2 is 2.10 bits per heavy atom. The standard InChI is InChI=1S/C16H14N2O3/c1-2-20-16(19)13-8-12(9-17-13)14-10-21-15(18-14)11-6-4-3-5-7-11/h3-10,17H,2H2,1H3. The molecule has 1 aromatic carbocycles. The zero-order chi connectivity index (χ0) is 14.7. The van der Waals surface area contributed by atoms with Gasteiger partial charge < -0.3 is 14.1 Å². The van der Waals surface area contributed by atoms with Crippen molar-refractivity contribution in [1.29, 1.82) is 0 Å². The van der Waals surface area contributed by atoms with Gasteiger partial charge in [-0.2, -0.15) is 0 Å². The molecule has 0 saturated heterocycles. The first-order valence-corrected chi connectivity index (χ1v) is 6.65. The lowest BCUT2D eigenvalue weighted by Crippen LogP contribution is -2.04. The van der Waals surface area contributed by atoms with E-state index in [9.17, 15) is 4.79 Å². The highest BCUT2D eigenvalue weighted by atomic mass is 16.5. The molecule has 2 heterocycles. The van der Waals surface area contributed by atoms with Crippen molar-refractivity contribution in [3.05, 3.63) is 54.6 Å². The van der Waals surface area contributed by atoms with Crippen LogP contribution in [0.3, 0.4) is 0 Å². The molecule has 0 saturated carbocycles. The van der Waals surface area contributed by atoms with E-state index in [2.05, 4.69) is 9.97 Å². The predicted octanol–water partition coefficient (Wildman–Crippen LogP) is 3.51. The average molecular weight is 282 g/mol. The van der Waals surface area contributed by atoms with E-state index in [4.69, 9.17) is 9.15 Å². The van der Waals surface area contributed by atoms with Crippen molar-refractivity contribution in [2.45, 2.75) is 6.92 Å². The van der Waals surface area contributed by atoms with Crippen molar-refractivity contribution in [3.63, 3.8) is 0 Å². The molecular weight excluding hydrogens is 268 g/mol. The number of oxazole rings is 1. The van der Waals surface area contributed by atoms with Gasteiger partial charge in [0.15, 0.2) is 0 Å². The Kier molecular flexibility index (Phi) is 3.55. The van der Waals surface area contributed by atoms with Gasteiger partial charge in [-0.05, 0) is 25.1 Å². The molecule has 0 spiro atoms. The second kappa shape index (κ2) is 5.66. The van der Waals surface area contributed by atoms with Crippen LogP contribution in [0.5, 0.6) is 0 Å². The van der Waals surface area contributed by atoms with Crippen molar-refractivity contribution in [2.24, 2.45) is 0 Å². The Bertz CT molecular complexity index is 744. The molecule has 0 atom stereocenters. The van der Waals surface area contributed by atoms with Gasteiger partial charge in [-0.1, -0.05) is 18.2 Å². The number of H-pyrrole nitrogens is 1. The molecular formula is C16H14N2O3. The summed E-state index contributed by atoms with van der Waals surface area (Å²) >= 11 is 0. The second-order valence-electron chi connectivity index (χ2n) is 4.43. The van der Waals surface area contributed by atoms with E-state index in [-0.39, 0.29) is 5.97 Å². The summed E-state index contributed by atoms with van der Waals surface area (Å²) in [5.74, 6) is 0.167. The first kappa shape index (κ1) is 13.2. The maximum absolute atomic E-state index is 11.6. The van der Waals surface area contributed by atoms with Crippen molar-refractivity contribution in [1.82, 2.24) is 9.97 Å². The van der Waals surface area contributed by atoms with Crippen molar-refractivity contribution in [3.8, 4) is 22.7 Å². The van der Waals surface area contributed by atoms with E-state index in [0.717, 1.165) is 11.1 Å². The molecule has 5 heteroatoms. The van der Waals surface area contributed by atoms with Gasteiger partial charge in [-0.3, -0.25) is 0 Å². The van der Waals surface area contributed by atoms with Crippen LogP contribution in [0.2, 0.25) is 0 Å². The fourth-order valence-electron chi connectivity index (χ4n) is 1.99. The summed E-state index contributed by atoms with van der Waals surface area (Å²) in [6.45, 7) is 2.11. The molecule has 0 bridgehead atoms. The quantitative estimate of drug-likeness (QED) is 0.743. The number of esters is 1. The van der Waals surface area contributed by atoms with Crippen molar-refractivity contribution in [2.75, 3.05) is 6.61 Å². The Morgan fingerprint density at radius 3 is 2.86 bits per heavy atom. The number of benzene rings is 1. The number of aromatic nitrogens is 2. The van der Waals surface area contributed by atoms with Gasteiger partial charge in [-0.25, -0.2) is 9.78 Å². The molecule has 0 aliphatic heterocycles. The van der Waals surface area contributed by atoms with E-state index in [0.29, 0.717) is 23.9 Å². The summed E-state index contributed by atoms with van der Waals surface area (Å²) in [6, 6.07) is 11.3. The molecule has 0 unspecified atom stereocenters. The number of ether oxygens (including phenoxy) is 1. The van der Waals surface area contributed by atoms with Crippen LogP contribution in [-0.2, 0) is 4.74 Å². The fraction of sp³-hybridized carbons (Fsp3) is 0.125. The number of nitrogens with zero attached hydrogens (tertiary/aromatic N) is 1. The van der Waals surface area contributed by atoms with E-state index >= 15 is 0 Å². The minimum absolute atomic E-state index is 0.343. The highest BCUT2D eigenvalue weighted by Gasteiger charge is 2.13. The summed E-state index contributed by atoms with van der Waals surface area (Å²) in [6.07, 6.45) is 3.28. The molecule has 0 fully saturated rings. The normalized spacial score (nSPS) is 10.5. The summed E-state index contributed by atoms with van der Waals surface area (Å²) < 4.78 is 10.4. The Balaban J connectivity index is 1.85. The van der Waals surface area contributed by atoms with Gasteiger partial charge in [0.25, 0.3) is 0 Å². The van der Waals surface area contributed by atoms with E-state index in [1.54, 1.807) is 25.5 Å². The molecule has 1 N–H and O–H groups in total. The van der Waals surface area contributed by atoms with Crippen molar-refractivity contribution >= 4 is 5.97 Å². The molecule has 0 aliphatic rings. The molecule has 21 heavy (non-hydrogen) atoms. The lowest BCUT2D eigenvalue weighted by molar-refractivity contribution is 0.0520. The summed E-state index contributed by atoms with van der Waals surface area (Å²) in [7, 11) is 0. The van der Waals surface area contributed by atoms with Gasteiger partial charge >= 0.3 is 5.97 Å². The number of hydrogen-bond acceptors (Lipinski definition) is 4. The molecule has 0 amide bonds. The van der Waals surface area contributed by atoms with Crippen molar-refractivity contribution < 1.29 is 13.9 Å². The summed E-state index contributed by atoms with van der Waals surface area (Å²) in [5.41, 5.74) is 2.76. The van der Waals surface area contributed by atoms with Crippen LogP contribution in [0.25, 0.3) is 22.7 Å². The maximum atomic E-state index is 11.6. The number of carbonyl (C=O) groups excluding carboxylic acids is 1. The van der Waals surface area contributed by atoms with Crippen LogP contribution in [-0.4, -0.2) is 22.5 Å². The smallest absolute Gasteiger partial charge is 0.354 e. The van der Waals surface area contributed by atoms with Crippen LogP contribution >= 0.6 is 0 Å². The van der Waals surface area contributed by atoms with E-state index in [1.807, 2.05) is 30.3 Å². The van der Waals surface area contributed by atoms with Crippen LogP contribution in [0.1, 0.15) is 17.4 Å².